The molecule has 0 spiro atoms. The van der Waals surface area contributed by atoms with Gasteiger partial charge in [0.05, 0.1) is 10.2 Å². The molecule has 2 heterocycles. The van der Waals surface area contributed by atoms with Gasteiger partial charge in [0, 0.05) is 13.1 Å². The molecule has 21 heavy (non-hydrogen) atoms. The van der Waals surface area contributed by atoms with E-state index in [9.17, 15) is 19.8 Å². The van der Waals surface area contributed by atoms with E-state index in [0.717, 1.165) is 4.57 Å². The van der Waals surface area contributed by atoms with Gasteiger partial charge in [0.2, 0.25) is 0 Å². The summed E-state index contributed by atoms with van der Waals surface area (Å²) in [6, 6.07) is 0. The first kappa shape index (κ1) is 16.1. The predicted molar refractivity (Wildman–Crippen MR) is 78.2 cm³/mol. The third-order valence-electron chi connectivity index (χ3n) is 3.00. The summed E-state index contributed by atoms with van der Waals surface area (Å²) < 4.78 is 11.9. The molecule has 0 unspecified atom stereocenters. The molecular weight excluding hydrogens is 397 g/mol. The van der Waals surface area contributed by atoms with E-state index in [4.69, 9.17) is 15.2 Å². The van der Waals surface area contributed by atoms with Gasteiger partial charge in [0.15, 0.2) is 12.3 Å². The average Bonchev–Trinajstić information content (AvgIpc) is 2.71. The third kappa shape index (κ3) is 3.17. The highest BCUT2D eigenvalue weighted by Crippen LogP contribution is 2.30. The lowest BCUT2D eigenvalue weighted by molar-refractivity contribution is -0.153. The fourth-order valence-electron chi connectivity index (χ4n) is 2.07. The van der Waals surface area contributed by atoms with E-state index >= 15 is 0 Å². The number of nitrogens with two attached hydrogens (primary N) is 1. The highest BCUT2D eigenvalue weighted by atomic mass is 127. The molecule has 116 valence electrons. The van der Waals surface area contributed by atoms with Crippen molar-refractivity contribution < 1.29 is 24.5 Å². The first-order valence-electron chi connectivity index (χ1n) is 6.01. The molecule has 4 N–H and O–H groups in total. The summed E-state index contributed by atoms with van der Waals surface area (Å²) in [5, 5.41) is 19.5. The Morgan fingerprint density at radius 2 is 2.33 bits per heavy atom. The number of hydrogen-bond donors (Lipinski definition) is 3. The zero-order valence-corrected chi connectivity index (χ0v) is 13.1. The van der Waals surface area contributed by atoms with Crippen LogP contribution in [0.3, 0.4) is 0 Å². The number of anilines is 1. The number of halogens is 1. The van der Waals surface area contributed by atoms with Gasteiger partial charge in [-0.2, -0.15) is 4.98 Å². The number of nitrogens with zero attached hydrogens (tertiary/aromatic N) is 2. The average molecular weight is 411 g/mol. The van der Waals surface area contributed by atoms with Crippen LogP contribution in [0.25, 0.3) is 0 Å². The van der Waals surface area contributed by atoms with Crippen LogP contribution in [-0.4, -0.2) is 50.7 Å². The normalized spacial score (nSPS) is 28.6. The molecule has 0 aliphatic carbocycles. The minimum Gasteiger partial charge on any atom is -0.457 e. The maximum absolute atomic E-state index is 11.9. The van der Waals surface area contributed by atoms with E-state index in [-0.39, 0.29) is 5.82 Å². The summed E-state index contributed by atoms with van der Waals surface area (Å²) in [5.74, 6) is -0.557. The molecule has 0 amide bonds. The van der Waals surface area contributed by atoms with Gasteiger partial charge in [-0.15, -0.1) is 0 Å². The standard InChI is InChI=1S/C11H14IN3O6/c1-4(17)20-8-6(3-16)21-10(7(8)18)15-2-5(12)9(13)14-11(15)19/h2,6-8,10,16,18H,3H2,1H3,(H2,13,14,19)/t6-,7+,8-,10-/m1/s1. The molecule has 9 nitrogen and oxygen atoms in total. The van der Waals surface area contributed by atoms with Crippen LogP contribution in [0.4, 0.5) is 5.82 Å². The molecule has 1 fully saturated rings. The van der Waals surface area contributed by atoms with Gasteiger partial charge in [0.1, 0.15) is 18.0 Å². The molecule has 10 heteroatoms. The second-order valence-electron chi connectivity index (χ2n) is 4.48. The van der Waals surface area contributed by atoms with Crippen LogP contribution in [0.5, 0.6) is 0 Å². The van der Waals surface area contributed by atoms with E-state index in [1.54, 1.807) is 0 Å². The Kier molecular flexibility index (Phi) is 4.81. The Morgan fingerprint density at radius 1 is 1.67 bits per heavy atom. The lowest BCUT2D eigenvalue weighted by Crippen LogP contribution is -2.39. The molecule has 0 bridgehead atoms. The number of ether oxygens (including phenoxy) is 2. The van der Waals surface area contributed by atoms with Crippen molar-refractivity contribution in [2.75, 3.05) is 12.3 Å². The van der Waals surface area contributed by atoms with Gasteiger partial charge in [0.25, 0.3) is 0 Å². The predicted octanol–water partition coefficient (Wildman–Crippen LogP) is -1.39. The zero-order valence-electron chi connectivity index (χ0n) is 11.0. The highest BCUT2D eigenvalue weighted by molar-refractivity contribution is 14.1. The van der Waals surface area contributed by atoms with E-state index < -0.39 is 42.8 Å². The second-order valence-corrected chi connectivity index (χ2v) is 5.64. The lowest BCUT2D eigenvalue weighted by Gasteiger charge is -2.19. The lowest BCUT2D eigenvalue weighted by atomic mass is 10.1. The van der Waals surface area contributed by atoms with Gasteiger partial charge < -0.3 is 25.4 Å². The summed E-state index contributed by atoms with van der Waals surface area (Å²) in [7, 11) is 0. The smallest absolute Gasteiger partial charge is 0.351 e. The van der Waals surface area contributed by atoms with Crippen LogP contribution < -0.4 is 11.4 Å². The number of aliphatic hydroxyl groups excluding tert-OH is 2. The third-order valence-corrected chi connectivity index (χ3v) is 3.83. The van der Waals surface area contributed by atoms with Crippen molar-refractivity contribution in [2.45, 2.75) is 31.5 Å². The molecule has 0 radical (unpaired) electrons. The van der Waals surface area contributed by atoms with Gasteiger partial charge >= 0.3 is 11.7 Å². The molecule has 1 aromatic heterocycles. The summed E-state index contributed by atoms with van der Waals surface area (Å²) in [6.07, 6.45) is -3.06. The topological polar surface area (TPSA) is 137 Å². The minimum absolute atomic E-state index is 0.0691. The number of nitrogen functional groups attached to an aromatic ring is 1. The molecule has 0 saturated carbocycles. The van der Waals surface area contributed by atoms with Crippen LogP contribution in [-0.2, 0) is 14.3 Å². The van der Waals surface area contributed by atoms with Gasteiger partial charge in [-0.05, 0) is 22.6 Å². The van der Waals surface area contributed by atoms with Crippen molar-refractivity contribution in [3.63, 3.8) is 0 Å². The minimum atomic E-state index is -1.31. The number of carbonyl (C=O) groups is 1. The largest absolute Gasteiger partial charge is 0.457 e. The van der Waals surface area contributed by atoms with E-state index in [2.05, 4.69) is 4.98 Å². The Morgan fingerprint density at radius 3 is 2.90 bits per heavy atom. The summed E-state index contributed by atoms with van der Waals surface area (Å²) in [4.78, 5) is 26.5. The van der Waals surface area contributed by atoms with Crippen molar-refractivity contribution in [3.8, 4) is 0 Å². The first-order valence-corrected chi connectivity index (χ1v) is 7.08. The van der Waals surface area contributed by atoms with Crippen LogP contribution in [0.2, 0.25) is 0 Å². The number of hydrogen-bond acceptors (Lipinski definition) is 8. The quantitative estimate of drug-likeness (QED) is 0.409. The Bertz CT molecular complexity index is 606. The van der Waals surface area contributed by atoms with Crippen LogP contribution in [0.1, 0.15) is 13.2 Å². The van der Waals surface area contributed by atoms with Crippen molar-refractivity contribution in [2.24, 2.45) is 0 Å². The van der Waals surface area contributed by atoms with Crippen molar-refractivity contribution >= 4 is 34.4 Å². The van der Waals surface area contributed by atoms with Gasteiger partial charge in [-0.3, -0.25) is 9.36 Å². The Hall–Kier alpha value is -1.24. The van der Waals surface area contributed by atoms with Crippen molar-refractivity contribution in [1.82, 2.24) is 9.55 Å². The highest BCUT2D eigenvalue weighted by Gasteiger charge is 2.47. The molecule has 1 saturated heterocycles. The number of carbonyl (C=O) groups excluding carboxylic acids is 1. The maximum Gasteiger partial charge on any atom is 0.351 e. The maximum atomic E-state index is 11.9. The van der Waals surface area contributed by atoms with E-state index in [1.807, 2.05) is 22.6 Å². The summed E-state index contributed by atoms with van der Waals surface area (Å²) in [5.41, 5.74) is 4.81. The Labute approximate surface area is 132 Å². The monoisotopic (exact) mass is 411 g/mol. The van der Waals surface area contributed by atoms with E-state index in [1.165, 1.54) is 13.1 Å². The summed E-state index contributed by atoms with van der Waals surface area (Å²) in [6.45, 7) is 0.702. The summed E-state index contributed by atoms with van der Waals surface area (Å²) >= 11 is 1.88. The van der Waals surface area contributed by atoms with Gasteiger partial charge in [-0.1, -0.05) is 0 Å². The molecular formula is C11H14IN3O6. The van der Waals surface area contributed by atoms with Gasteiger partial charge in [-0.25, -0.2) is 4.79 Å². The first-order chi connectivity index (χ1) is 9.85. The van der Waals surface area contributed by atoms with Crippen LogP contribution in [0, 0.1) is 3.57 Å². The van der Waals surface area contributed by atoms with Crippen molar-refractivity contribution in [1.29, 1.82) is 0 Å². The van der Waals surface area contributed by atoms with Crippen LogP contribution >= 0.6 is 22.6 Å². The molecule has 1 aliphatic rings. The molecule has 1 aliphatic heterocycles. The number of aliphatic hydroxyl groups is 2. The second kappa shape index (κ2) is 6.25. The van der Waals surface area contributed by atoms with E-state index in [0.29, 0.717) is 3.57 Å². The zero-order chi connectivity index (χ0) is 15.7. The molecule has 0 aromatic carbocycles. The fraction of sp³-hybridized carbons (Fsp3) is 0.545. The number of esters is 1. The number of aromatic nitrogens is 2. The molecule has 4 atom stereocenters. The Balaban J connectivity index is 2.35. The van der Waals surface area contributed by atoms with Crippen molar-refractivity contribution in [3.05, 3.63) is 20.3 Å². The SMILES string of the molecule is CC(=O)O[C@H]1[C@H](O)[C@H](n2cc(I)c(N)nc2=O)O[C@@H]1CO. The van der Waals surface area contributed by atoms with Crippen LogP contribution in [0.15, 0.2) is 11.0 Å². The fourth-order valence-corrected chi connectivity index (χ4v) is 2.49. The molecule has 1 aromatic rings. The molecule has 2 rings (SSSR count). The number of rotatable bonds is 3.